The molecular weight excluding hydrogens is 348 g/mol. The molecule has 0 aliphatic rings. The van der Waals surface area contributed by atoms with E-state index in [1.54, 1.807) is 30.3 Å². The summed E-state index contributed by atoms with van der Waals surface area (Å²) in [4.78, 5) is 35.5. The molecule has 7 heteroatoms. The molecule has 0 fully saturated rings. The molecule has 27 heavy (non-hydrogen) atoms. The van der Waals surface area contributed by atoms with Crippen molar-refractivity contribution in [3.05, 3.63) is 65.7 Å². The summed E-state index contributed by atoms with van der Waals surface area (Å²) in [6, 6.07) is 15.9. The Bertz CT molecular complexity index is 775. The minimum absolute atomic E-state index is 0.00186. The molecule has 0 aromatic heterocycles. The number of rotatable bonds is 7. The molecule has 0 saturated heterocycles. The SMILES string of the molecule is Cc1ccc(OCCC(=O)O[C@H](C)C(=O)NNC(=O)c2ccccc2)cc1. The molecule has 0 aliphatic heterocycles. The van der Waals surface area contributed by atoms with Crippen LogP contribution in [0.1, 0.15) is 29.3 Å². The van der Waals surface area contributed by atoms with Crippen molar-refractivity contribution in [2.24, 2.45) is 0 Å². The summed E-state index contributed by atoms with van der Waals surface area (Å²) >= 11 is 0. The molecular formula is C20H22N2O5. The molecule has 0 aliphatic carbocycles. The molecule has 7 nitrogen and oxygen atoms in total. The molecule has 2 amide bonds. The maximum Gasteiger partial charge on any atom is 0.310 e. The highest BCUT2D eigenvalue weighted by molar-refractivity contribution is 5.95. The zero-order chi connectivity index (χ0) is 19.6. The van der Waals surface area contributed by atoms with Crippen molar-refractivity contribution >= 4 is 17.8 Å². The smallest absolute Gasteiger partial charge is 0.310 e. The number of nitrogens with one attached hydrogen (secondary N) is 2. The van der Waals surface area contributed by atoms with Gasteiger partial charge >= 0.3 is 5.97 Å². The van der Waals surface area contributed by atoms with Crippen LogP contribution < -0.4 is 15.6 Å². The van der Waals surface area contributed by atoms with Gasteiger partial charge in [0.05, 0.1) is 13.0 Å². The van der Waals surface area contributed by atoms with E-state index >= 15 is 0 Å². The first-order valence-corrected chi connectivity index (χ1v) is 8.50. The van der Waals surface area contributed by atoms with Gasteiger partial charge in [0.25, 0.3) is 11.8 Å². The van der Waals surface area contributed by atoms with Crippen LogP contribution >= 0.6 is 0 Å². The van der Waals surface area contributed by atoms with Gasteiger partial charge in [-0.25, -0.2) is 0 Å². The van der Waals surface area contributed by atoms with Crippen molar-refractivity contribution in [1.29, 1.82) is 0 Å². The summed E-state index contributed by atoms with van der Waals surface area (Å²) in [6.07, 6.45) is -1.05. The van der Waals surface area contributed by atoms with E-state index in [9.17, 15) is 14.4 Å². The zero-order valence-corrected chi connectivity index (χ0v) is 15.2. The minimum Gasteiger partial charge on any atom is -0.493 e. The lowest BCUT2D eigenvalue weighted by Crippen LogP contribution is -2.46. The Kier molecular flexibility index (Phi) is 7.37. The summed E-state index contributed by atoms with van der Waals surface area (Å²) in [5.41, 5.74) is 6.00. The molecule has 0 spiro atoms. The summed E-state index contributed by atoms with van der Waals surface area (Å²) in [6.45, 7) is 3.53. The van der Waals surface area contributed by atoms with Crippen LogP contribution in [0.15, 0.2) is 54.6 Å². The number of ether oxygens (including phenoxy) is 2. The summed E-state index contributed by atoms with van der Waals surface area (Å²) < 4.78 is 10.5. The Balaban J connectivity index is 1.67. The van der Waals surface area contributed by atoms with Crippen molar-refractivity contribution in [2.45, 2.75) is 26.4 Å². The Morgan fingerprint density at radius 1 is 0.963 bits per heavy atom. The first-order valence-electron chi connectivity index (χ1n) is 8.50. The fourth-order valence-electron chi connectivity index (χ4n) is 2.08. The number of aryl methyl sites for hydroxylation is 1. The highest BCUT2D eigenvalue weighted by Crippen LogP contribution is 2.11. The minimum atomic E-state index is -1.05. The van der Waals surface area contributed by atoms with Crippen LogP contribution in [0.4, 0.5) is 0 Å². The third kappa shape index (κ3) is 6.81. The summed E-state index contributed by atoms with van der Waals surface area (Å²) in [7, 11) is 0. The molecule has 0 heterocycles. The quantitative estimate of drug-likeness (QED) is 0.575. The molecule has 142 valence electrons. The summed E-state index contributed by atoms with van der Waals surface area (Å²) in [5.74, 6) is -1.01. The van der Waals surface area contributed by atoms with Crippen LogP contribution in [0, 0.1) is 6.92 Å². The lowest BCUT2D eigenvalue weighted by atomic mass is 10.2. The number of hydrogen-bond acceptors (Lipinski definition) is 5. The first-order chi connectivity index (χ1) is 13.0. The molecule has 0 radical (unpaired) electrons. The maximum absolute atomic E-state index is 11.9. The third-order valence-electron chi connectivity index (χ3n) is 3.61. The number of hydrogen-bond donors (Lipinski definition) is 2. The van der Waals surface area contributed by atoms with Crippen LogP contribution in [-0.2, 0) is 14.3 Å². The maximum atomic E-state index is 11.9. The predicted molar refractivity (Wildman–Crippen MR) is 98.9 cm³/mol. The molecule has 0 saturated carbocycles. The van der Waals surface area contributed by atoms with Crippen molar-refractivity contribution in [3.63, 3.8) is 0 Å². The van der Waals surface area contributed by atoms with Gasteiger partial charge in [0, 0.05) is 5.56 Å². The third-order valence-corrected chi connectivity index (χ3v) is 3.61. The lowest BCUT2D eigenvalue weighted by molar-refractivity contribution is -0.155. The molecule has 1 atom stereocenters. The van der Waals surface area contributed by atoms with Crippen LogP contribution in [0.5, 0.6) is 5.75 Å². The molecule has 2 aromatic rings. The van der Waals surface area contributed by atoms with Gasteiger partial charge in [0.2, 0.25) is 0 Å². The Morgan fingerprint density at radius 3 is 2.30 bits per heavy atom. The standard InChI is InChI=1S/C20H22N2O5/c1-14-8-10-17(11-9-14)26-13-12-18(23)27-15(2)19(24)21-22-20(25)16-6-4-3-5-7-16/h3-11,15H,12-13H2,1-2H3,(H,21,24)(H,22,25)/t15-/m1/s1. The second-order valence-corrected chi connectivity index (χ2v) is 5.85. The molecule has 2 N–H and O–H groups in total. The van der Waals surface area contributed by atoms with Gasteiger partial charge < -0.3 is 9.47 Å². The van der Waals surface area contributed by atoms with E-state index in [-0.39, 0.29) is 13.0 Å². The summed E-state index contributed by atoms with van der Waals surface area (Å²) in [5, 5.41) is 0. The predicted octanol–water partition coefficient (Wildman–Crippen LogP) is 2.16. The van der Waals surface area contributed by atoms with Crippen LogP contribution in [0.2, 0.25) is 0 Å². The first kappa shape index (κ1) is 20.0. The van der Waals surface area contributed by atoms with Gasteiger partial charge in [0.15, 0.2) is 6.10 Å². The van der Waals surface area contributed by atoms with Crippen molar-refractivity contribution in [2.75, 3.05) is 6.61 Å². The van der Waals surface area contributed by atoms with Crippen molar-refractivity contribution in [1.82, 2.24) is 10.9 Å². The Hall–Kier alpha value is -3.35. The number of esters is 1. The topological polar surface area (TPSA) is 93.7 Å². The molecule has 0 unspecified atom stereocenters. The zero-order valence-electron chi connectivity index (χ0n) is 15.2. The van der Waals surface area contributed by atoms with Gasteiger partial charge in [-0.15, -0.1) is 0 Å². The molecule has 2 rings (SSSR count). The van der Waals surface area contributed by atoms with Gasteiger partial charge in [-0.05, 0) is 38.1 Å². The lowest BCUT2D eigenvalue weighted by Gasteiger charge is -2.14. The van der Waals surface area contributed by atoms with E-state index in [2.05, 4.69) is 10.9 Å². The molecule has 2 aromatic carbocycles. The number of benzene rings is 2. The number of carbonyl (C=O) groups is 3. The second-order valence-electron chi connectivity index (χ2n) is 5.85. The number of carbonyl (C=O) groups excluding carboxylic acids is 3. The van der Waals surface area contributed by atoms with E-state index in [0.29, 0.717) is 11.3 Å². The average molecular weight is 370 g/mol. The highest BCUT2D eigenvalue weighted by atomic mass is 16.6. The van der Waals surface area contributed by atoms with Gasteiger partial charge in [-0.1, -0.05) is 35.9 Å². The van der Waals surface area contributed by atoms with E-state index < -0.39 is 23.9 Å². The molecule has 0 bridgehead atoms. The van der Waals surface area contributed by atoms with E-state index in [4.69, 9.17) is 9.47 Å². The van der Waals surface area contributed by atoms with Gasteiger partial charge in [0.1, 0.15) is 5.75 Å². The van der Waals surface area contributed by atoms with Crippen LogP contribution in [0.3, 0.4) is 0 Å². The number of hydrazine groups is 1. The number of amides is 2. The second kappa shape index (κ2) is 9.96. The highest BCUT2D eigenvalue weighted by Gasteiger charge is 2.18. The van der Waals surface area contributed by atoms with E-state index in [0.717, 1.165) is 5.56 Å². The van der Waals surface area contributed by atoms with Crippen molar-refractivity contribution in [3.8, 4) is 5.75 Å². The van der Waals surface area contributed by atoms with E-state index in [1.165, 1.54) is 6.92 Å². The largest absolute Gasteiger partial charge is 0.493 e. The normalized spacial score (nSPS) is 11.2. The van der Waals surface area contributed by atoms with Gasteiger partial charge in [-0.2, -0.15) is 0 Å². The van der Waals surface area contributed by atoms with Crippen LogP contribution in [-0.4, -0.2) is 30.5 Å². The van der Waals surface area contributed by atoms with Gasteiger partial charge in [-0.3, -0.25) is 25.2 Å². The van der Waals surface area contributed by atoms with E-state index in [1.807, 2.05) is 31.2 Å². The monoisotopic (exact) mass is 370 g/mol. The fraction of sp³-hybridized carbons (Fsp3) is 0.250. The fourth-order valence-corrected chi connectivity index (χ4v) is 2.08. The Morgan fingerprint density at radius 2 is 1.63 bits per heavy atom. The van der Waals surface area contributed by atoms with Crippen LogP contribution in [0.25, 0.3) is 0 Å². The van der Waals surface area contributed by atoms with Crippen molar-refractivity contribution < 1.29 is 23.9 Å². The Labute approximate surface area is 157 Å². The average Bonchev–Trinajstić information content (AvgIpc) is 2.68.